The second-order valence-corrected chi connectivity index (χ2v) is 7.25. The number of hydrogen-bond acceptors (Lipinski definition) is 6. The van der Waals surface area contributed by atoms with Gasteiger partial charge in [0.15, 0.2) is 16.7 Å². The maximum absolute atomic E-state index is 12.4. The number of ether oxygens (including phenoxy) is 3. The SMILES string of the molecule is COc1cc2c(cc1/C=C1/SC(=Nc3ccc(C)cc3C)NC1=O)OCO2. The van der Waals surface area contributed by atoms with Crippen molar-refractivity contribution in [3.8, 4) is 17.2 Å². The van der Waals surface area contributed by atoms with Gasteiger partial charge in [-0.3, -0.25) is 4.79 Å². The zero-order valence-corrected chi connectivity index (χ0v) is 16.0. The van der Waals surface area contributed by atoms with Crippen molar-refractivity contribution in [3.63, 3.8) is 0 Å². The zero-order valence-electron chi connectivity index (χ0n) is 15.2. The fourth-order valence-corrected chi connectivity index (χ4v) is 3.72. The van der Waals surface area contributed by atoms with Crippen LogP contribution < -0.4 is 19.5 Å². The van der Waals surface area contributed by atoms with E-state index in [4.69, 9.17) is 14.2 Å². The molecule has 0 spiro atoms. The number of hydrogen-bond donors (Lipinski definition) is 1. The lowest BCUT2D eigenvalue weighted by Crippen LogP contribution is -2.19. The molecular formula is C20H18N2O4S. The molecule has 1 saturated heterocycles. The van der Waals surface area contributed by atoms with Crippen LogP contribution in [0.2, 0.25) is 0 Å². The molecule has 0 saturated carbocycles. The summed E-state index contributed by atoms with van der Waals surface area (Å²) in [5.74, 6) is 1.69. The van der Waals surface area contributed by atoms with Crippen molar-refractivity contribution in [2.45, 2.75) is 13.8 Å². The Hall–Kier alpha value is -2.93. The molecule has 1 N–H and O–H groups in total. The van der Waals surface area contributed by atoms with Crippen LogP contribution in [0.5, 0.6) is 17.2 Å². The van der Waals surface area contributed by atoms with Crippen LogP contribution in [0.4, 0.5) is 5.69 Å². The van der Waals surface area contributed by atoms with Crippen LogP contribution in [0.25, 0.3) is 6.08 Å². The first kappa shape index (κ1) is 17.5. The molecule has 0 unspecified atom stereocenters. The fraction of sp³-hybridized carbons (Fsp3) is 0.200. The molecule has 2 aromatic carbocycles. The average Bonchev–Trinajstić information content (AvgIpc) is 3.23. The van der Waals surface area contributed by atoms with Crippen LogP contribution in [0.3, 0.4) is 0 Å². The number of nitrogens with one attached hydrogen (secondary N) is 1. The predicted molar refractivity (Wildman–Crippen MR) is 106 cm³/mol. The van der Waals surface area contributed by atoms with Crippen molar-refractivity contribution in [1.82, 2.24) is 5.32 Å². The minimum Gasteiger partial charge on any atom is -0.496 e. The van der Waals surface area contributed by atoms with Crippen LogP contribution >= 0.6 is 11.8 Å². The van der Waals surface area contributed by atoms with E-state index in [1.54, 1.807) is 25.3 Å². The molecule has 2 aliphatic heterocycles. The number of aliphatic imine (C=N–C) groups is 1. The number of carbonyl (C=O) groups excluding carboxylic acids is 1. The van der Waals surface area contributed by atoms with Gasteiger partial charge in [0, 0.05) is 11.6 Å². The first-order valence-electron chi connectivity index (χ1n) is 8.38. The molecule has 7 heteroatoms. The maximum Gasteiger partial charge on any atom is 0.264 e. The zero-order chi connectivity index (χ0) is 19.0. The Labute approximate surface area is 161 Å². The smallest absolute Gasteiger partial charge is 0.264 e. The number of rotatable bonds is 3. The van der Waals surface area contributed by atoms with E-state index in [1.807, 2.05) is 26.0 Å². The largest absolute Gasteiger partial charge is 0.496 e. The summed E-state index contributed by atoms with van der Waals surface area (Å²) < 4.78 is 16.2. The number of amides is 1. The summed E-state index contributed by atoms with van der Waals surface area (Å²) in [5, 5.41) is 3.37. The lowest BCUT2D eigenvalue weighted by molar-refractivity contribution is -0.115. The summed E-state index contributed by atoms with van der Waals surface area (Å²) in [5.41, 5.74) is 3.82. The molecule has 0 atom stereocenters. The van der Waals surface area contributed by atoms with Gasteiger partial charge in [0.05, 0.1) is 17.7 Å². The van der Waals surface area contributed by atoms with Gasteiger partial charge in [-0.25, -0.2) is 4.99 Å². The van der Waals surface area contributed by atoms with E-state index in [2.05, 4.69) is 16.4 Å². The minimum absolute atomic E-state index is 0.181. The lowest BCUT2D eigenvalue weighted by atomic mass is 10.1. The van der Waals surface area contributed by atoms with Crippen molar-refractivity contribution >= 4 is 34.6 Å². The molecule has 6 nitrogen and oxygen atoms in total. The van der Waals surface area contributed by atoms with Gasteiger partial charge in [-0.2, -0.15) is 0 Å². The highest BCUT2D eigenvalue weighted by atomic mass is 32.2. The molecule has 0 radical (unpaired) electrons. The summed E-state index contributed by atoms with van der Waals surface area (Å²) in [6, 6.07) is 9.59. The van der Waals surface area contributed by atoms with Crippen molar-refractivity contribution in [1.29, 1.82) is 0 Å². The first-order valence-corrected chi connectivity index (χ1v) is 9.19. The number of amidine groups is 1. The molecule has 1 fully saturated rings. The standard InChI is InChI=1S/C20H18N2O4S/c1-11-4-5-14(12(2)6-11)21-20-22-19(23)18(27-20)8-13-7-16-17(26-10-25-16)9-15(13)24-3/h4-9H,10H2,1-3H3,(H,21,22,23)/b18-8+. The molecule has 27 heavy (non-hydrogen) atoms. The van der Waals surface area contributed by atoms with E-state index in [0.717, 1.165) is 16.8 Å². The Kier molecular flexibility index (Phi) is 4.53. The van der Waals surface area contributed by atoms with Crippen molar-refractivity contribution < 1.29 is 19.0 Å². The number of thioether (sulfide) groups is 1. The van der Waals surface area contributed by atoms with E-state index < -0.39 is 0 Å². The lowest BCUT2D eigenvalue weighted by Gasteiger charge is -2.06. The predicted octanol–water partition coefficient (Wildman–Crippen LogP) is 3.93. The molecule has 0 aliphatic carbocycles. The summed E-state index contributed by atoms with van der Waals surface area (Å²) in [4.78, 5) is 17.5. The second-order valence-electron chi connectivity index (χ2n) is 6.22. The molecular weight excluding hydrogens is 364 g/mol. The van der Waals surface area contributed by atoms with Gasteiger partial charge in [-0.1, -0.05) is 17.7 Å². The Balaban J connectivity index is 1.64. The fourth-order valence-electron chi connectivity index (χ4n) is 2.89. The van der Waals surface area contributed by atoms with Crippen molar-refractivity contribution in [2.75, 3.05) is 13.9 Å². The van der Waals surface area contributed by atoms with Gasteiger partial charge in [-0.15, -0.1) is 0 Å². The summed E-state index contributed by atoms with van der Waals surface area (Å²) >= 11 is 1.30. The van der Waals surface area contributed by atoms with Gasteiger partial charge in [0.25, 0.3) is 5.91 Å². The molecule has 2 aromatic rings. The Morgan fingerprint density at radius 1 is 1.19 bits per heavy atom. The molecule has 2 heterocycles. The van der Waals surface area contributed by atoms with Gasteiger partial charge in [-0.05, 0) is 49.4 Å². The normalized spacial score (nSPS) is 18.3. The quantitative estimate of drug-likeness (QED) is 0.815. The van der Waals surface area contributed by atoms with Gasteiger partial charge in [0.2, 0.25) is 6.79 Å². The van der Waals surface area contributed by atoms with Crippen LogP contribution in [0.1, 0.15) is 16.7 Å². The minimum atomic E-state index is -0.191. The summed E-state index contributed by atoms with van der Waals surface area (Å²) in [6.45, 7) is 4.22. The summed E-state index contributed by atoms with van der Waals surface area (Å²) in [7, 11) is 1.58. The monoisotopic (exact) mass is 382 g/mol. The maximum atomic E-state index is 12.4. The number of carbonyl (C=O) groups is 1. The highest BCUT2D eigenvalue weighted by Gasteiger charge is 2.25. The number of methoxy groups -OCH3 is 1. The van der Waals surface area contributed by atoms with Gasteiger partial charge in [0.1, 0.15) is 5.75 Å². The number of benzene rings is 2. The average molecular weight is 382 g/mol. The number of aryl methyl sites for hydroxylation is 2. The molecule has 4 rings (SSSR count). The van der Waals surface area contributed by atoms with Gasteiger partial charge < -0.3 is 19.5 Å². The van der Waals surface area contributed by atoms with E-state index in [0.29, 0.717) is 27.3 Å². The molecule has 2 aliphatic rings. The highest BCUT2D eigenvalue weighted by Crippen LogP contribution is 2.40. The molecule has 0 aromatic heterocycles. The Bertz CT molecular complexity index is 998. The molecule has 1 amide bonds. The van der Waals surface area contributed by atoms with E-state index >= 15 is 0 Å². The van der Waals surface area contributed by atoms with Crippen LogP contribution in [0.15, 0.2) is 40.2 Å². The Morgan fingerprint density at radius 2 is 1.96 bits per heavy atom. The third-order valence-corrected chi connectivity index (χ3v) is 5.15. The topological polar surface area (TPSA) is 69.2 Å². The van der Waals surface area contributed by atoms with E-state index in [9.17, 15) is 4.79 Å². The third-order valence-electron chi connectivity index (χ3n) is 4.24. The number of nitrogens with zero attached hydrogens (tertiary/aromatic N) is 1. The van der Waals surface area contributed by atoms with Crippen molar-refractivity contribution in [2.24, 2.45) is 4.99 Å². The highest BCUT2D eigenvalue weighted by molar-refractivity contribution is 8.18. The van der Waals surface area contributed by atoms with Crippen molar-refractivity contribution in [3.05, 3.63) is 51.9 Å². The van der Waals surface area contributed by atoms with Crippen LogP contribution in [-0.2, 0) is 4.79 Å². The van der Waals surface area contributed by atoms with Gasteiger partial charge >= 0.3 is 0 Å². The summed E-state index contributed by atoms with van der Waals surface area (Å²) in [6.07, 6.45) is 1.77. The first-order chi connectivity index (χ1) is 13.0. The van der Waals surface area contributed by atoms with E-state index in [-0.39, 0.29) is 12.7 Å². The molecule has 138 valence electrons. The van der Waals surface area contributed by atoms with E-state index in [1.165, 1.54) is 17.3 Å². The van der Waals surface area contributed by atoms with Crippen LogP contribution in [-0.4, -0.2) is 25.0 Å². The number of fused-ring (bicyclic) bond motifs is 1. The molecule has 0 bridgehead atoms. The second kappa shape index (κ2) is 7.00. The third kappa shape index (κ3) is 3.50. The Morgan fingerprint density at radius 3 is 2.70 bits per heavy atom. The van der Waals surface area contributed by atoms with Crippen LogP contribution in [0, 0.1) is 13.8 Å².